The molecule has 0 radical (unpaired) electrons. The lowest BCUT2D eigenvalue weighted by Gasteiger charge is -2.45. The molecule has 5 atom stereocenters. The second-order valence-electron chi connectivity index (χ2n) is 6.51. The first-order valence-corrected chi connectivity index (χ1v) is 6.95. The highest BCUT2D eigenvalue weighted by Gasteiger charge is 2.34. The van der Waals surface area contributed by atoms with Gasteiger partial charge in [0, 0.05) is 25.2 Å². The van der Waals surface area contributed by atoms with Gasteiger partial charge in [-0.05, 0) is 45.4 Å². The molecule has 0 spiro atoms. The van der Waals surface area contributed by atoms with E-state index in [0.717, 1.165) is 24.8 Å². The zero-order valence-electron chi connectivity index (χ0n) is 12.1. The van der Waals surface area contributed by atoms with Gasteiger partial charge < -0.3 is 10.8 Å². The molecular formula is C14H30N2O. The van der Waals surface area contributed by atoms with Gasteiger partial charge >= 0.3 is 0 Å². The normalized spacial score (nSPS) is 36.5. The highest BCUT2D eigenvalue weighted by atomic mass is 16.3. The number of piperidine rings is 1. The molecule has 0 aromatic carbocycles. The van der Waals surface area contributed by atoms with E-state index in [1.807, 2.05) is 6.92 Å². The van der Waals surface area contributed by atoms with Gasteiger partial charge in [-0.2, -0.15) is 0 Å². The molecule has 3 heteroatoms. The van der Waals surface area contributed by atoms with Crippen LogP contribution in [-0.2, 0) is 0 Å². The molecule has 0 amide bonds. The highest BCUT2D eigenvalue weighted by molar-refractivity contribution is 4.88. The molecule has 0 bridgehead atoms. The topological polar surface area (TPSA) is 49.5 Å². The maximum atomic E-state index is 10.1. The number of nitrogens with two attached hydrogens (primary N) is 1. The van der Waals surface area contributed by atoms with Crippen molar-refractivity contribution in [3.8, 4) is 0 Å². The van der Waals surface area contributed by atoms with E-state index in [-0.39, 0.29) is 0 Å². The molecule has 0 aromatic heterocycles. The number of nitrogens with zero attached hydrogens (tertiary/aromatic N) is 1. The van der Waals surface area contributed by atoms with Gasteiger partial charge in [0.25, 0.3) is 0 Å². The molecule has 1 rings (SSSR count). The summed E-state index contributed by atoms with van der Waals surface area (Å²) in [6.07, 6.45) is 2.07. The molecule has 3 nitrogen and oxygen atoms in total. The van der Waals surface area contributed by atoms with Crippen LogP contribution in [0.5, 0.6) is 0 Å². The Bertz CT molecular complexity index is 242. The zero-order chi connectivity index (χ0) is 13.2. The molecule has 0 aromatic rings. The molecule has 1 aliphatic rings. The summed E-state index contributed by atoms with van der Waals surface area (Å²) in [6.45, 7) is 12.5. The average Bonchev–Trinajstić information content (AvgIpc) is 2.22. The van der Waals surface area contributed by atoms with Crippen LogP contribution in [0, 0.1) is 11.8 Å². The predicted octanol–water partition coefficient (Wildman–Crippen LogP) is 1.84. The van der Waals surface area contributed by atoms with Crippen LogP contribution in [0.4, 0.5) is 0 Å². The van der Waals surface area contributed by atoms with Crippen molar-refractivity contribution in [3.05, 3.63) is 0 Å². The predicted molar refractivity (Wildman–Crippen MR) is 72.9 cm³/mol. The van der Waals surface area contributed by atoms with Gasteiger partial charge in [-0.25, -0.2) is 0 Å². The summed E-state index contributed by atoms with van der Waals surface area (Å²) in [6, 6.07) is 1.00. The smallest absolute Gasteiger partial charge is 0.0756 e. The third kappa shape index (κ3) is 3.94. The molecule has 0 aliphatic carbocycles. The van der Waals surface area contributed by atoms with Crippen LogP contribution in [0.3, 0.4) is 0 Å². The van der Waals surface area contributed by atoms with Crippen LogP contribution in [-0.4, -0.2) is 40.8 Å². The summed E-state index contributed by atoms with van der Waals surface area (Å²) < 4.78 is 0. The summed E-state index contributed by atoms with van der Waals surface area (Å²) in [5, 5.41) is 10.1. The summed E-state index contributed by atoms with van der Waals surface area (Å²) in [7, 11) is 0. The number of hydrogen-bond donors (Lipinski definition) is 2. The summed E-state index contributed by atoms with van der Waals surface area (Å²) in [5.41, 5.74) is 4.87. The fourth-order valence-corrected chi connectivity index (χ4v) is 3.18. The van der Waals surface area contributed by atoms with Crippen molar-refractivity contribution >= 4 is 0 Å². The molecule has 1 aliphatic heterocycles. The van der Waals surface area contributed by atoms with E-state index in [9.17, 15) is 5.11 Å². The molecule has 17 heavy (non-hydrogen) atoms. The van der Waals surface area contributed by atoms with Gasteiger partial charge in [-0.1, -0.05) is 13.8 Å². The number of rotatable bonds is 4. The molecular weight excluding hydrogens is 212 g/mol. The van der Waals surface area contributed by atoms with Crippen molar-refractivity contribution in [1.29, 1.82) is 0 Å². The van der Waals surface area contributed by atoms with Crippen molar-refractivity contribution in [2.75, 3.05) is 13.1 Å². The lowest BCUT2D eigenvalue weighted by atomic mass is 9.84. The fourth-order valence-electron chi connectivity index (χ4n) is 3.18. The van der Waals surface area contributed by atoms with E-state index < -0.39 is 5.60 Å². The van der Waals surface area contributed by atoms with Gasteiger partial charge in [-0.15, -0.1) is 0 Å². The molecule has 102 valence electrons. The number of aliphatic hydroxyl groups is 1. The Morgan fingerprint density at radius 2 is 2.00 bits per heavy atom. The largest absolute Gasteiger partial charge is 0.389 e. The molecule has 5 unspecified atom stereocenters. The molecule has 1 fully saturated rings. The standard InChI is InChI=1S/C14H30N2O/c1-10-6-11(2)13(4)16(8-10)12(3)7-14(5,17)9-15/h10-13,17H,6-9,15H2,1-5H3. The van der Waals surface area contributed by atoms with Crippen molar-refractivity contribution in [2.45, 2.75) is 65.1 Å². The van der Waals surface area contributed by atoms with Crippen LogP contribution >= 0.6 is 0 Å². The monoisotopic (exact) mass is 242 g/mol. The average molecular weight is 242 g/mol. The Morgan fingerprint density at radius 1 is 1.41 bits per heavy atom. The van der Waals surface area contributed by atoms with Gasteiger partial charge in [0.1, 0.15) is 0 Å². The highest BCUT2D eigenvalue weighted by Crippen LogP contribution is 2.30. The Hall–Kier alpha value is -0.120. The Kier molecular flexibility index (Phi) is 4.99. The van der Waals surface area contributed by atoms with Gasteiger partial charge in [0.05, 0.1) is 5.60 Å². The van der Waals surface area contributed by atoms with Crippen molar-refractivity contribution in [3.63, 3.8) is 0 Å². The van der Waals surface area contributed by atoms with E-state index >= 15 is 0 Å². The minimum atomic E-state index is -0.733. The fraction of sp³-hybridized carbons (Fsp3) is 1.00. The first kappa shape index (κ1) is 14.9. The first-order chi connectivity index (χ1) is 7.76. The van der Waals surface area contributed by atoms with Gasteiger partial charge in [-0.3, -0.25) is 4.90 Å². The molecule has 3 N–H and O–H groups in total. The zero-order valence-corrected chi connectivity index (χ0v) is 12.1. The quantitative estimate of drug-likeness (QED) is 0.791. The lowest BCUT2D eigenvalue weighted by molar-refractivity contribution is -0.00847. The minimum absolute atomic E-state index is 0.338. The third-order valence-corrected chi connectivity index (χ3v) is 4.38. The Morgan fingerprint density at radius 3 is 2.53 bits per heavy atom. The molecule has 0 saturated carbocycles. The second kappa shape index (κ2) is 5.68. The van der Waals surface area contributed by atoms with E-state index in [1.54, 1.807) is 0 Å². The molecule has 1 heterocycles. The van der Waals surface area contributed by atoms with E-state index in [4.69, 9.17) is 5.73 Å². The Balaban J connectivity index is 2.63. The maximum Gasteiger partial charge on any atom is 0.0756 e. The number of likely N-dealkylation sites (tertiary alicyclic amines) is 1. The summed E-state index contributed by atoms with van der Waals surface area (Å²) in [4.78, 5) is 2.54. The third-order valence-electron chi connectivity index (χ3n) is 4.38. The second-order valence-corrected chi connectivity index (χ2v) is 6.51. The number of hydrogen-bond acceptors (Lipinski definition) is 3. The minimum Gasteiger partial charge on any atom is -0.389 e. The van der Waals surface area contributed by atoms with Crippen molar-refractivity contribution in [2.24, 2.45) is 17.6 Å². The van der Waals surface area contributed by atoms with Crippen LogP contribution in [0.25, 0.3) is 0 Å². The molecule has 1 saturated heterocycles. The van der Waals surface area contributed by atoms with Crippen molar-refractivity contribution < 1.29 is 5.11 Å². The first-order valence-electron chi connectivity index (χ1n) is 6.95. The maximum absolute atomic E-state index is 10.1. The van der Waals surface area contributed by atoms with Crippen LogP contribution in [0.1, 0.15) is 47.5 Å². The van der Waals surface area contributed by atoms with Gasteiger partial charge in [0.15, 0.2) is 0 Å². The summed E-state index contributed by atoms with van der Waals surface area (Å²) in [5.74, 6) is 1.50. The van der Waals surface area contributed by atoms with Gasteiger partial charge in [0.2, 0.25) is 0 Å². The van der Waals surface area contributed by atoms with E-state index in [1.165, 1.54) is 6.42 Å². The Labute approximate surface area is 106 Å². The van der Waals surface area contributed by atoms with Crippen LogP contribution in [0.15, 0.2) is 0 Å². The summed E-state index contributed by atoms with van der Waals surface area (Å²) >= 11 is 0. The van der Waals surface area contributed by atoms with Crippen LogP contribution in [0.2, 0.25) is 0 Å². The van der Waals surface area contributed by atoms with Crippen molar-refractivity contribution in [1.82, 2.24) is 4.90 Å². The SMILES string of the molecule is CC1CC(C)C(C)N(C(C)CC(C)(O)CN)C1. The van der Waals surface area contributed by atoms with E-state index in [0.29, 0.717) is 18.6 Å². The van der Waals surface area contributed by atoms with E-state index in [2.05, 4.69) is 32.6 Å². The lowest BCUT2D eigenvalue weighted by Crippen LogP contribution is -2.52. The van der Waals surface area contributed by atoms with Crippen LogP contribution < -0.4 is 5.73 Å².